The SMILES string of the molecule is CN=C(NCCc1cc(F)cc2c1OCOC2)NCCc1c[nH]c2ccc(F)cc12.I. The maximum absolute atomic E-state index is 13.9. The van der Waals surface area contributed by atoms with Gasteiger partial charge in [0.05, 0.1) is 6.61 Å². The van der Waals surface area contributed by atoms with E-state index in [-0.39, 0.29) is 42.4 Å². The Kier molecular flexibility index (Phi) is 8.08. The fourth-order valence-electron chi connectivity index (χ4n) is 3.65. The van der Waals surface area contributed by atoms with Crippen LogP contribution in [0.3, 0.4) is 0 Å². The van der Waals surface area contributed by atoms with Gasteiger partial charge in [0.15, 0.2) is 12.8 Å². The zero-order valence-corrected chi connectivity index (χ0v) is 19.5. The molecule has 3 aromatic rings. The van der Waals surface area contributed by atoms with E-state index in [1.807, 2.05) is 6.20 Å². The molecule has 0 saturated carbocycles. The lowest BCUT2D eigenvalue weighted by molar-refractivity contribution is -0.0172. The quantitative estimate of drug-likeness (QED) is 0.251. The van der Waals surface area contributed by atoms with Crippen molar-refractivity contribution in [2.75, 3.05) is 26.9 Å². The molecule has 0 fully saturated rings. The van der Waals surface area contributed by atoms with Crippen LogP contribution in [0.5, 0.6) is 5.75 Å². The third kappa shape index (κ3) is 5.65. The Morgan fingerprint density at radius 2 is 1.84 bits per heavy atom. The zero-order valence-electron chi connectivity index (χ0n) is 17.1. The van der Waals surface area contributed by atoms with Gasteiger partial charge in [-0.2, -0.15) is 0 Å². The maximum Gasteiger partial charge on any atom is 0.190 e. The minimum absolute atomic E-state index is 0. The number of rotatable bonds is 6. The van der Waals surface area contributed by atoms with Crippen LogP contribution < -0.4 is 15.4 Å². The molecule has 0 radical (unpaired) electrons. The van der Waals surface area contributed by atoms with Gasteiger partial charge in [-0.25, -0.2) is 8.78 Å². The van der Waals surface area contributed by atoms with Gasteiger partial charge in [0.1, 0.15) is 17.4 Å². The van der Waals surface area contributed by atoms with Crippen LogP contribution >= 0.6 is 24.0 Å². The molecule has 1 aliphatic heterocycles. The first kappa shape index (κ1) is 23.3. The van der Waals surface area contributed by atoms with E-state index >= 15 is 0 Å². The summed E-state index contributed by atoms with van der Waals surface area (Å²) in [5.41, 5.74) is 3.49. The number of H-pyrrole nitrogens is 1. The number of ether oxygens (including phenoxy) is 2. The monoisotopic (exact) mass is 542 g/mol. The Bertz CT molecular complexity index is 1070. The highest BCUT2D eigenvalue weighted by molar-refractivity contribution is 14.0. The van der Waals surface area contributed by atoms with Gasteiger partial charge in [0.25, 0.3) is 0 Å². The number of guanidine groups is 1. The summed E-state index contributed by atoms with van der Waals surface area (Å²) in [7, 11) is 1.70. The number of benzene rings is 2. The molecule has 0 aliphatic carbocycles. The van der Waals surface area contributed by atoms with Crippen molar-refractivity contribution >= 4 is 40.8 Å². The van der Waals surface area contributed by atoms with E-state index in [9.17, 15) is 8.78 Å². The normalized spacial score (nSPS) is 13.3. The van der Waals surface area contributed by atoms with E-state index < -0.39 is 0 Å². The lowest BCUT2D eigenvalue weighted by Gasteiger charge is -2.21. The first-order valence-corrected chi connectivity index (χ1v) is 9.86. The molecule has 31 heavy (non-hydrogen) atoms. The van der Waals surface area contributed by atoms with Gasteiger partial charge in [-0.15, -0.1) is 24.0 Å². The van der Waals surface area contributed by atoms with Crippen LogP contribution in [0.1, 0.15) is 16.7 Å². The van der Waals surface area contributed by atoms with E-state index in [0.29, 0.717) is 37.8 Å². The van der Waals surface area contributed by atoms with Gasteiger partial charge in [-0.05, 0) is 54.3 Å². The van der Waals surface area contributed by atoms with Crippen LogP contribution in [0.4, 0.5) is 8.78 Å². The summed E-state index contributed by atoms with van der Waals surface area (Å²) >= 11 is 0. The minimum atomic E-state index is -0.296. The van der Waals surface area contributed by atoms with E-state index in [1.165, 1.54) is 18.2 Å². The Morgan fingerprint density at radius 3 is 2.61 bits per heavy atom. The Labute approximate surface area is 196 Å². The molecule has 2 heterocycles. The highest BCUT2D eigenvalue weighted by atomic mass is 127. The molecule has 0 spiro atoms. The average Bonchev–Trinajstić information content (AvgIpc) is 3.14. The molecule has 0 saturated heterocycles. The van der Waals surface area contributed by atoms with Gasteiger partial charge in [-0.1, -0.05) is 0 Å². The summed E-state index contributed by atoms with van der Waals surface area (Å²) in [6.07, 6.45) is 3.21. The number of nitrogens with zero attached hydrogens (tertiary/aromatic N) is 1. The predicted molar refractivity (Wildman–Crippen MR) is 127 cm³/mol. The third-order valence-corrected chi connectivity index (χ3v) is 5.08. The maximum atomic E-state index is 13.9. The lowest BCUT2D eigenvalue weighted by Crippen LogP contribution is -2.39. The van der Waals surface area contributed by atoms with Crippen LogP contribution in [0.2, 0.25) is 0 Å². The Balaban J connectivity index is 0.00000272. The van der Waals surface area contributed by atoms with Crippen LogP contribution in [0.15, 0.2) is 41.5 Å². The van der Waals surface area contributed by atoms with Crippen LogP contribution in [-0.2, 0) is 24.2 Å². The molecule has 9 heteroatoms. The summed E-state index contributed by atoms with van der Waals surface area (Å²) in [5.74, 6) is 0.814. The largest absolute Gasteiger partial charge is 0.467 e. The van der Waals surface area contributed by atoms with Crippen molar-refractivity contribution < 1.29 is 18.3 Å². The van der Waals surface area contributed by atoms with Gasteiger partial charge in [-0.3, -0.25) is 4.99 Å². The second-order valence-corrected chi connectivity index (χ2v) is 7.09. The molecule has 1 aromatic heterocycles. The molecule has 0 atom stereocenters. The topological polar surface area (TPSA) is 70.7 Å². The molecule has 0 bridgehead atoms. The predicted octanol–water partition coefficient (Wildman–Crippen LogP) is 3.88. The van der Waals surface area contributed by atoms with E-state index in [1.54, 1.807) is 19.2 Å². The molecular formula is C22H25F2IN4O2. The first-order valence-electron chi connectivity index (χ1n) is 9.86. The summed E-state index contributed by atoms with van der Waals surface area (Å²) < 4.78 is 38.1. The molecule has 0 unspecified atom stereocenters. The van der Waals surface area contributed by atoms with E-state index in [4.69, 9.17) is 9.47 Å². The van der Waals surface area contributed by atoms with Crippen molar-refractivity contribution in [3.63, 3.8) is 0 Å². The number of aliphatic imine (C=N–C) groups is 1. The number of aromatic amines is 1. The molecule has 4 rings (SSSR count). The van der Waals surface area contributed by atoms with Crippen molar-refractivity contribution in [3.05, 3.63) is 64.9 Å². The van der Waals surface area contributed by atoms with Gasteiger partial charge >= 0.3 is 0 Å². The van der Waals surface area contributed by atoms with Gasteiger partial charge in [0, 0.05) is 42.8 Å². The highest BCUT2D eigenvalue weighted by Gasteiger charge is 2.16. The highest BCUT2D eigenvalue weighted by Crippen LogP contribution is 2.29. The molecule has 0 amide bonds. The number of halogens is 3. The molecule has 6 nitrogen and oxygen atoms in total. The van der Waals surface area contributed by atoms with Gasteiger partial charge < -0.3 is 25.1 Å². The summed E-state index contributed by atoms with van der Waals surface area (Å²) in [6.45, 7) is 1.74. The average molecular weight is 542 g/mol. The Morgan fingerprint density at radius 1 is 1.06 bits per heavy atom. The van der Waals surface area contributed by atoms with Crippen molar-refractivity contribution in [2.45, 2.75) is 19.4 Å². The number of aromatic nitrogens is 1. The van der Waals surface area contributed by atoms with Crippen LogP contribution in [0.25, 0.3) is 10.9 Å². The van der Waals surface area contributed by atoms with E-state index in [2.05, 4.69) is 20.6 Å². The number of nitrogens with one attached hydrogen (secondary N) is 3. The molecule has 1 aliphatic rings. The molecule has 166 valence electrons. The number of fused-ring (bicyclic) bond motifs is 2. The number of hydrogen-bond acceptors (Lipinski definition) is 3. The standard InChI is InChI=1S/C22H24F2N4O2.HI/c1-25-22(27-7-5-15-11-28-20-3-2-17(23)10-19(15)20)26-6-4-14-8-18(24)9-16-12-29-13-30-21(14)16;/h2-3,8-11,28H,4-7,12-13H2,1H3,(H2,25,26,27);1H. The first-order chi connectivity index (χ1) is 14.6. The van der Waals surface area contributed by atoms with Crippen LogP contribution in [-0.4, -0.2) is 37.9 Å². The van der Waals surface area contributed by atoms with Crippen molar-refractivity contribution in [2.24, 2.45) is 4.99 Å². The summed E-state index contributed by atoms with van der Waals surface area (Å²) in [5, 5.41) is 7.37. The molecule has 2 aromatic carbocycles. The number of hydrogen-bond donors (Lipinski definition) is 3. The fourth-order valence-corrected chi connectivity index (χ4v) is 3.65. The second kappa shape index (κ2) is 10.8. The van der Waals surface area contributed by atoms with Crippen molar-refractivity contribution in [1.29, 1.82) is 0 Å². The van der Waals surface area contributed by atoms with Crippen LogP contribution in [0, 0.1) is 11.6 Å². The van der Waals surface area contributed by atoms with Crippen molar-refractivity contribution in [1.82, 2.24) is 15.6 Å². The minimum Gasteiger partial charge on any atom is -0.467 e. The van der Waals surface area contributed by atoms with E-state index in [0.717, 1.165) is 34.0 Å². The van der Waals surface area contributed by atoms with Gasteiger partial charge in [0.2, 0.25) is 0 Å². The fraction of sp³-hybridized carbons (Fsp3) is 0.318. The third-order valence-electron chi connectivity index (χ3n) is 5.08. The van der Waals surface area contributed by atoms with Crippen molar-refractivity contribution in [3.8, 4) is 5.75 Å². The molecule has 3 N–H and O–H groups in total. The summed E-state index contributed by atoms with van der Waals surface area (Å²) in [6, 6.07) is 7.67. The Hall–Kier alpha value is -2.40. The molecular weight excluding hydrogens is 517 g/mol. The zero-order chi connectivity index (χ0) is 20.9. The lowest BCUT2D eigenvalue weighted by atomic mass is 10.1. The second-order valence-electron chi connectivity index (χ2n) is 7.09. The smallest absolute Gasteiger partial charge is 0.190 e. The summed E-state index contributed by atoms with van der Waals surface area (Å²) in [4.78, 5) is 7.38.